The molecule has 0 spiro atoms. The highest BCUT2D eigenvalue weighted by Gasteiger charge is 2.13. The van der Waals surface area contributed by atoms with E-state index < -0.39 is 0 Å². The molecule has 0 aliphatic carbocycles. The molecule has 1 aromatic rings. The van der Waals surface area contributed by atoms with E-state index in [1.54, 1.807) is 7.11 Å². The SMILES string of the molecule is COc1nc(C)cc(CC(C)(C)N)n1. The third-order valence-electron chi connectivity index (χ3n) is 1.71. The van der Waals surface area contributed by atoms with E-state index in [9.17, 15) is 0 Å². The van der Waals surface area contributed by atoms with Gasteiger partial charge in [0.15, 0.2) is 0 Å². The van der Waals surface area contributed by atoms with Crippen LogP contribution in [0.3, 0.4) is 0 Å². The lowest BCUT2D eigenvalue weighted by Gasteiger charge is -2.17. The maximum atomic E-state index is 5.91. The van der Waals surface area contributed by atoms with Gasteiger partial charge in [0.25, 0.3) is 0 Å². The van der Waals surface area contributed by atoms with Crippen molar-refractivity contribution in [2.45, 2.75) is 32.7 Å². The van der Waals surface area contributed by atoms with Gasteiger partial charge in [0.2, 0.25) is 0 Å². The monoisotopic (exact) mass is 195 g/mol. The van der Waals surface area contributed by atoms with Gasteiger partial charge in [-0.3, -0.25) is 0 Å². The zero-order chi connectivity index (χ0) is 10.8. The number of ether oxygens (including phenoxy) is 1. The fourth-order valence-electron chi connectivity index (χ4n) is 1.25. The second kappa shape index (κ2) is 3.92. The van der Waals surface area contributed by atoms with Gasteiger partial charge < -0.3 is 10.5 Å². The normalized spacial score (nSPS) is 11.5. The third kappa shape index (κ3) is 3.30. The molecule has 0 unspecified atom stereocenters. The molecule has 1 heterocycles. The van der Waals surface area contributed by atoms with Gasteiger partial charge in [0.05, 0.1) is 7.11 Å². The van der Waals surface area contributed by atoms with Gasteiger partial charge in [-0.2, -0.15) is 0 Å². The first-order valence-electron chi connectivity index (χ1n) is 4.58. The van der Waals surface area contributed by atoms with E-state index in [1.807, 2.05) is 26.8 Å². The summed E-state index contributed by atoms with van der Waals surface area (Å²) < 4.78 is 4.99. The Labute approximate surface area is 84.5 Å². The Morgan fingerprint density at radius 2 is 2.07 bits per heavy atom. The number of methoxy groups -OCH3 is 1. The minimum Gasteiger partial charge on any atom is -0.467 e. The molecule has 0 radical (unpaired) electrons. The molecule has 0 saturated heterocycles. The number of nitrogens with zero attached hydrogens (tertiary/aromatic N) is 2. The Hall–Kier alpha value is -1.16. The lowest BCUT2D eigenvalue weighted by molar-refractivity contribution is 0.375. The van der Waals surface area contributed by atoms with Crippen molar-refractivity contribution in [3.8, 4) is 6.01 Å². The predicted molar refractivity (Wildman–Crippen MR) is 55.3 cm³/mol. The first-order valence-corrected chi connectivity index (χ1v) is 4.58. The summed E-state index contributed by atoms with van der Waals surface area (Å²) in [6.07, 6.45) is 0.715. The molecule has 0 fully saturated rings. The highest BCUT2D eigenvalue weighted by Crippen LogP contribution is 2.11. The second-order valence-electron chi connectivity index (χ2n) is 4.15. The first-order chi connectivity index (χ1) is 6.40. The zero-order valence-corrected chi connectivity index (χ0v) is 9.16. The van der Waals surface area contributed by atoms with Crippen molar-refractivity contribution in [3.05, 3.63) is 17.5 Å². The van der Waals surface area contributed by atoms with Gasteiger partial charge in [0, 0.05) is 23.3 Å². The van der Waals surface area contributed by atoms with E-state index in [4.69, 9.17) is 10.5 Å². The molecule has 2 N–H and O–H groups in total. The van der Waals surface area contributed by atoms with Crippen LogP contribution in [0.15, 0.2) is 6.07 Å². The summed E-state index contributed by atoms with van der Waals surface area (Å²) in [5.74, 6) is 0. The van der Waals surface area contributed by atoms with Crippen LogP contribution in [0.5, 0.6) is 6.01 Å². The van der Waals surface area contributed by atoms with Crippen LogP contribution in [-0.4, -0.2) is 22.6 Å². The van der Waals surface area contributed by atoms with Crippen LogP contribution in [0.4, 0.5) is 0 Å². The molecule has 0 atom stereocenters. The van der Waals surface area contributed by atoms with Crippen LogP contribution in [0.25, 0.3) is 0 Å². The number of hydrogen-bond acceptors (Lipinski definition) is 4. The fourth-order valence-corrected chi connectivity index (χ4v) is 1.25. The molecule has 0 amide bonds. The predicted octanol–water partition coefficient (Wildman–Crippen LogP) is 1.07. The summed E-state index contributed by atoms with van der Waals surface area (Å²) >= 11 is 0. The summed E-state index contributed by atoms with van der Waals surface area (Å²) in [4.78, 5) is 8.33. The third-order valence-corrected chi connectivity index (χ3v) is 1.71. The van der Waals surface area contributed by atoms with Gasteiger partial charge >= 0.3 is 6.01 Å². The Balaban J connectivity index is 2.92. The van der Waals surface area contributed by atoms with Crippen LogP contribution in [0, 0.1) is 6.92 Å². The quantitative estimate of drug-likeness (QED) is 0.783. The summed E-state index contributed by atoms with van der Waals surface area (Å²) in [6.45, 7) is 5.85. The molecule has 0 saturated carbocycles. The number of rotatable bonds is 3. The van der Waals surface area contributed by atoms with Gasteiger partial charge in [-0.25, -0.2) is 9.97 Å². The van der Waals surface area contributed by atoms with E-state index in [-0.39, 0.29) is 5.54 Å². The van der Waals surface area contributed by atoms with Crippen LogP contribution in [0.2, 0.25) is 0 Å². The zero-order valence-electron chi connectivity index (χ0n) is 9.16. The van der Waals surface area contributed by atoms with Gasteiger partial charge in [0.1, 0.15) is 0 Å². The van der Waals surface area contributed by atoms with Crippen LogP contribution < -0.4 is 10.5 Å². The highest BCUT2D eigenvalue weighted by atomic mass is 16.5. The number of aryl methyl sites for hydroxylation is 1. The lowest BCUT2D eigenvalue weighted by atomic mass is 10.00. The van der Waals surface area contributed by atoms with Crippen LogP contribution >= 0.6 is 0 Å². The molecule has 0 aliphatic heterocycles. The largest absolute Gasteiger partial charge is 0.467 e. The smallest absolute Gasteiger partial charge is 0.316 e. The van der Waals surface area contributed by atoms with Gasteiger partial charge in [-0.15, -0.1) is 0 Å². The molecule has 0 aromatic carbocycles. The molecule has 0 bridgehead atoms. The van der Waals surface area contributed by atoms with E-state index in [2.05, 4.69) is 9.97 Å². The average molecular weight is 195 g/mol. The standard InChI is InChI=1S/C10H17N3O/c1-7-5-8(6-10(2,3)11)13-9(12-7)14-4/h5H,6,11H2,1-4H3. The molecule has 0 aliphatic rings. The molecule has 1 rings (SSSR count). The maximum absolute atomic E-state index is 5.91. The van der Waals surface area contributed by atoms with Crippen molar-refractivity contribution in [1.29, 1.82) is 0 Å². The van der Waals surface area contributed by atoms with Crippen molar-refractivity contribution < 1.29 is 4.74 Å². The summed E-state index contributed by atoms with van der Waals surface area (Å²) in [5.41, 5.74) is 7.47. The highest BCUT2D eigenvalue weighted by molar-refractivity contribution is 5.14. The Morgan fingerprint density at radius 1 is 1.43 bits per heavy atom. The molecule has 4 nitrogen and oxygen atoms in total. The number of nitrogens with two attached hydrogens (primary N) is 1. The average Bonchev–Trinajstić information content (AvgIpc) is 1.99. The van der Waals surface area contributed by atoms with Crippen molar-refractivity contribution in [1.82, 2.24) is 9.97 Å². The minimum atomic E-state index is -0.258. The minimum absolute atomic E-state index is 0.258. The molecule has 14 heavy (non-hydrogen) atoms. The van der Waals surface area contributed by atoms with E-state index >= 15 is 0 Å². The van der Waals surface area contributed by atoms with Crippen molar-refractivity contribution in [2.75, 3.05) is 7.11 Å². The Bertz CT molecular complexity index is 318. The van der Waals surface area contributed by atoms with Gasteiger partial charge in [-0.1, -0.05) is 0 Å². The van der Waals surface area contributed by atoms with E-state index in [1.165, 1.54) is 0 Å². The summed E-state index contributed by atoms with van der Waals surface area (Å²) in [5, 5.41) is 0. The molecule has 4 heteroatoms. The van der Waals surface area contributed by atoms with E-state index in [0.717, 1.165) is 11.4 Å². The van der Waals surface area contributed by atoms with Crippen molar-refractivity contribution in [2.24, 2.45) is 5.73 Å². The Morgan fingerprint density at radius 3 is 2.57 bits per heavy atom. The molecule has 1 aromatic heterocycles. The first kappa shape index (κ1) is 10.9. The number of aromatic nitrogens is 2. The van der Waals surface area contributed by atoms with Crippen LogP contribution in [-0.2, 0) is 6.42 Å². The maximum Gasteiger partial charge on any atom is 0.316 e. The lowest BCUT2D eigenvalue weighted by Crippen LogP contribution is -2.34. The second-order valence-corrected chi connectivity index (χ2v) is 4.15. The molecular formula is C10H17N3O. The topological polar surface area (TPSA) is 61.0 Å². The summed E-state index contributed by atoms with van der Waals surface area (Å²) in [7, 11) is 1.56. The summed E-state index contributed by atoms with van der Waals surface area (Å²) in [6, 6.07) is 2.33. The van der Waals surface area contributed by atoms with Crippen molar-refractivity contribution in [3.63, 3.8) is 0 Å². The van der Waals surface area contributed by atoms with Crippen LogP contribution in [0.1, 0.15) is 25.2 Å². The fraction of sp³-hybridized carbons (Fsp3) is 0.600. The van der Waals surface area contributed by atoms with E-state index in [0.29, 0.717) is 12.4 Å². The van der Waals surface area contributed by atoms with Gasteiger partial charge in [-0.05, 0) is 26.8 Å². The number of hydrogen-bond donors (Lipinski definition) is 1. The molecular weight excluding hydrogens is 178 g/mol. The molecule has 78 valence electrons. The Kier molecular flexibility index (Phi) is 3.06. The van der Waals surface area contributed by atoms with Crippen molar-refractivity contribution >= 4 is 0 Å².